The third-order valence-corrected chi connectivity index (χ3v) is 6.52. The Morgan fingerprint density at radius 1 is 1.09 bits per heavy atom. The first kappa shape index (κ1) is 22.2. The van der Waals surface area contributed by atoms with Gasteiger partial charge in [0.05, 0.1) is 14.2 Å². The van der Waals surface area contributed by atoms with Crippen molar-refractivity contribution in [3.63, 3.8) is 0 Å². The fourth-order valence-electron chi connectivity index (χ4n) is 5.11. The normalized spacial score (nSPS) is 16.8. The van der Waals surface area contributed by atoms with E-state index in [9.17, 15) is 0 Å². The molecule has 3 heterocycles. The monoisotopic (exact) mass is 461 g/mol. The minimum atomic E-state index is -4.06. The van der Waals surface area contributed by atoms with E-state index in [1.807, 2.05) is 43.3 Å². The molecule has 5 nitrogen and oxygen atoms in total. The first-order valence-corrected chi connectivity index (χ1v) is 11.2. The van der Waals surface area contributed by atoms with Gasteiger partial charge in [-0.15, -0.1) is 0 Å². The Bertz CT molecular complexity index is 1430. The SMILES string of the molecule is COc1cc2ccccc2c(/C=C/C2=[N+]3C(=C(CCN)c4cccn4[B-]3(F)F)C(C)=C2)c1OC. The number of rotatable bonds is 6. The van der Waals surface area contributed by atoms with Crippen molar-refractivity contribution in [2.75, 3.05) is 20.8 Å². The third kappa shape index (κ3) is 3.21. The Morgan fingerprint density at radius 2 is 1.88 bits per heavy atom. The van der Waals surface area contributed by atoms with Crippen LogP contribution >= 0.6 is 0 Å². The summed E-state index contributed by atoms with van der Waals surface area (Å²) in [6.07, 6.45) is 7.31. The van der Waals surface area contributed by atoms with Crippen molar-refractivity contribution in [1.29, 1.82) is 0 Å². The van der Waals surface area contributed by atoms with Gasteiger partial charge in [-0.2, -0.15) is 0 Å². The van der Waals surface area contributed by atoms with Gasteiger partial charge in [0.15, 0.2) is 22.9 Å². The van der Waals surface area contributed by atoms with Crippen molar-refractivity contribution in [1.82, 2.24) is 4.48 Å². The molecule has 2 aliphatic rings. The van der Waals surface area contributed by atoms with Crippen molar-refractivity contribution in [3.05, 3.63) is 83.3 Å². The molecule has 3 aromatic rings. The number of allylic oxidation sites excluding steroid dienone is 3. The first-order valence-electron chi connectivity index (χ1n) is 11.2. The maximum absolute atomic E-state index is 15.8. The zero-order valence-corrected chi connectivity index (χ0v) is 19.4. The third-order valence-electron chi connectivity index (χ3n) is 6.52. The second kappa shape index (κ2) is 8.29. The Balaban J connectivity index is 1.73. The van der Waals surface area contributed by atoms with Gasteiger partial charge in [0.25, 0.3) is 0 Å². The molecular formula is C26H26BF2N3O2. The second-order valence-corrected chi connectivity index (χ2v) is 8.46. The number of nitrogens with zero attached hydrogens (tertiary/aromatic N) is 2. The lowest BCUT2D eigenvalue weighted by molar-refractivity contribution is -0.362. The minimum absolute atomic E-state index is 0.377. The molecule has 0 amide bonds. The molecule has 2 N–H and O–H groups in total. The summed E-state index contributed by atoms with van der Waals surface area (Å²) in [4.78, 5) is 0. The van der Waals surface area contributed by atoms with Crippen LogP contribution in [0.4, 0.5) is 8.63 Å². The average molecular weight is 461 g/mol. The number of halogens is 2. The molecule has 8 heteroatoms. The summed E-state index contributed by atoms with van der Waals surface area (Å²) in [5.74, 6) is 1.14. The molecule has 34 heavy (non-hydrogen) atoms. The van der Waals surface area contributed by atoms with Gasteiger partial charge in [0, 0.05) is 34.6 Å². The summed E-state index contributed by atoms with van der Waals surface area (Å²) in [5, 5.41) is 1.91. The van der Waals surface area contributed by atoms with E-state index in [2.05, 4.69) is 0 Å². The van der Waals surface area contributed by atoms with E-state index >= 15 is 8.63 Å². The quantitative estimate of drug-likeness (QED) is 0.521. The lowest BCUT2D eigenvalue weighted by atomic mass is 9.86. The van der Waals surface area contributed by atoms with Gasteiger partial charge in [-0.3, -0.25) is 0 Å². The number of hydrogen-bond acceptors (Lipinski definition) is 3. The fraction of sp³-hybridized carbons (Fsp3) is 0.192. The van der Waals surface area contributed by atoms with Gasteiger partial charge in [-0.05, 0) is 61.1 Å². The van der Waals surface area contributed by atoms with Crippen molar-refractivity contribution >= 4 is 35.1 Å². The van der Waals surface area contributed by atoms with E-state index in [-0.39, 0.29) is 0 Å². The zero-order valence-electron chi connectivity index (χ0n) is 19.4. The molecule has 5 rings (SSSR count). The maximum Gasteiger partial charge on any atom is 0.737 e. The predicted octanol–water partition coefficient (Wildman–Crippen LogP) is 5.08. The van der Waals surface area contributed by atoms with Crippen molar-refractivity contribution in [2.45, 2.75) is 13.3 Å². The molecule has 0 spiro atoms. The average Bonchev–Trinajstić information content (AvgIpc) is 3.46. The number of nitrogens with two attached hydrogens (primary N) is 1. The van der Waals surface area contributed by atoms with Crippen LogP contribution in [0.2, 0.25) is 0 Å². The highest BCUT2D eigenvalue weighted by Crippen LogP contribution is 2.41. The molecule has 0 saturated heterocycles. The standard InChI is InChI=1S/C26H26BF2N3O2/c1-17-15-19(32-25(17)22(12-13-30)23-9-6-14-31(23)27(32,28)29)10-11-21-20-8-5-4-7-18(20)16-24(33-2)26(21)34-3/h4-11,14-16H,12-13,30H2,1-3H3/b11-10+. The summed E-state index contributed by atoms with van der Waals surface area (Å²) >= 11 is 0. The lowest BCUT2D eigenvalue weighted by Gasteiger charge is -2.32. The van der Waals surface area contributed by atoms with E-state index in [1.54, 1.807) is 38.5 Å². The fourth-order valence-corrected chi connectivity index (χ4v) is 5.11. The molecule has 1 aromatic heterocycles. The van der Waals surface area contributed by atoms with E-state index in [0.29, 0.717) is 41.6 Å². The molecule has 174 valence electrons. The molecule has 0 saturated carbocycles. The number of fused-ring (bicyclic) bond motifs is 3. The Hall–Kier alpha value is -3.65. The lowest BCUT2D eigenvalue weighted by Crippen LogP contribution is -2.50. The van der Waals surface area contributed by atoms with Crippen LogP contribution in [-0.2, 0) is 0 Å². The van der Waals surface area contributed by atoms with E-state index in [0.717, 1.165) is 32.0 Å². The van der Waals surface area contributed by atoms with E-state index < -0.39 is 6.97 Å². The molecule has 0 aliphatic carbocycles. The largest absolute Gasteiger partial charge is 0.737 e. The molecule has 0 unspecified atom stereocenters. The number of hydrogen-bond donors (Lipinski definition) is 1. The molecule has 0 radical (unpaired) electrons. The first-order chi connectivity index (χ1) is 16.4. The molecule has 2 aromatic carbocycles. The Kier molecular flexibility index (Phi) is 5.40. The van der Waals surface area contributed by atoms with Gasteiger partial charge >= 0.3 is 6.97 Å². The molecule has 0 fully saturated rings. The van der Waals surface area contributed by atoms with Crippen LogP contribution in [0.3, 0.4) is 0 Å². The van der Waals surface area contributed by atoms with E-state index in [1.165, 1.54) is 10.7 Å². The van der Waals surface area contributed by atoms with Crippen molar-refractivity contribution in [2.24, 2.45) is 5.73 Å². The number of aromatic nitrogens is 1. The van der Waals surface area contributed by atoms with E-state index in [4.69, 9.17) is 15.2 Å². The Labute approximate surface area is 197 Å². The van der Waals surface area contributed by atoms with Gasteiger partial charge in [-0.25, -0.2) is 0 Å². The van der Waals surface area contributed by atoms with Crippen LogP contribution in [0.25, 0.3) is 22.4 Å². The summed E-state index contributed by atoms with van der Waals surface area (Å²) in [6.45, 7) is -1.82. The van der Waals surface area contributed by atoms with Gasteiger partial charge in [0.1, 0.15) is 0 Å². The molecule has 0 bridgehead atoms. The van der Waals surface area contributed by atoms with Crippen molar-refractivity contribution < 1.29 is 22.6 Å². The van der Waals surface area contributed by atoms with Crippen LogP contribution in [-0.4, -0.2) is 42.4 Å². The highest BCUT2D eigenvalue weighted by atomic mass is 19.2. The van der Waals surface area contributed by atoms with Crippen LogP contribution in [0, 0.1) is 0 Å². The molecule has 2 aliphatic heterocycles. The number of ether oxygens (including phenoxy) is 2. The topological polar surface area (TPSA) is 52.4 Å². The van der Waals surface area contributed by atoms with Crippen molar-refractivity contribution in [3.8, 4) is 11.5 Å². The minimum Gasteiger partial charge on any atom is -0.493 e. The summed E-state index contributed by atoms with van der Waals surface area (Å²) in [5.41, 5.74) is 9.74. The number of benzene rings is 2. The summed E-state index contributed by atoms with van der Waals surface area (Å²) in [6, 6.07) is 13.2. The van der Waals surface area contributed by atoms with Crippen LogP contribution < -0.4 is 15.2 Å². The summed E-state index contributed by atoms with van der Waals surface area (Å²) in [7, 11) is 3.16. The van der Waals surface area contributed by atoms with Gasteiger partial charge in [0.2, 0.25) is 0 Å². The highest BCUT2D eigenvalue weighted by molar-refractivity contribution is 6.58. The highest BCUT2D eigenvalue weighted by Gasteiger charge is 2.53. The summed E-state index contributed by atoms with van der Waals surface area (Å²) < 4.78 is 45.1. The maximum atomic E-state index is 15.8. The predicted molar refractivity (Wildman–Crippen MR) is 134 cm³/mol. The van der Waals surface area contributed by atoms with Gasteiger partial charge < -0.3 is 32.8 Å². The smallest absolute Gasteiger partial charge is 0.493 e. The van der Waals surface area contributed by atoms with Crippen LogP contribution in [0.5, 0.6) is 11.5 Å². The molecule has 0 atom stereocenters. The number of methoxy groups -OCH3 is 2. The zero-order chi connectivity index (χ0) is 24.0. The van der Waals surface area contributed by atoms with Gasteiger partial charge in [-0.1, -0.05) is 24.3 Å². The van der Waals surface area contributed by atoms with Crippen LogP contribution in [0.15, 0.2) is 72.1 Å². The Morgan fingerprint density at radius 3 is 2.62 bits per heavy atom. The second-order valence-electron chi connectivity index (χ2n) is 8.46. The molecular weight excluding hydrogens is 435 g/mol. The van der Waals surface area contributed by atoms with Crippen LogP contribution in [0.1, 0.15) is 24.6 Å².